The van der Waals surface area contributed by atoms with Gasteiger partial charge < -0.3 is 9.32 Å². The Morgan fingerprint density at radius 3 is 2.93 bits per heavy atom. The molecule has 0 bridgehead atoms. The third-order valence-corrected chi connectivity index (χ3v) is 2.69. The van der Waals surface area contributed by atoms with Crippen molar-refractivity contribution in [1.29, 1.82) is 0 Å². The van der Waals surface area contributed by atoms with E-state index in [1.807, 2.05) is 13.0 Å². The molecule has 78 valence electrons. The van der Waals surface area contributed by atoms with Crippen molar-refractivity contribution in [1.82, 2.24) is 15.2 Å². The average molecular weight is 204 g/mol. The van der Waals surface area contributed by atoms with Crippen molar-refractivity contribution in [3.63, 3.8) is 0 Å². The van der Waals surface area contributed by atoms with Crippen LogP contribution in [0, 0.1) is 6.92 Å². The third kappa shape index (κ3) is 1.31. The molecule has 1 aliphatic rings. The van der Waals surface area contributed by atoms with Crippen LogP contribution in [0.1, 0.15) is 12.0 Å². The summed E-state index contributed by atoms with van der Waals surface area (Å²) in [6.07, 6.45) is 2.89. The van der Waals surface area contributed by atoms with E-state index in [1.54, 1.807) is 6.26 Å². The van der Waals surface area contributed by atoms with Gasteiger partial charge in [0.1, 0.15) is 0 Å². The minimum atomic E-state index is 0.708. The highest BCUT2D eigenvalue weighted by molar-refractivity contribution is 5.53. The molecule has 0 spiro atoms. The number of H-pyrrole nitrogens is 1. The Balaban J connectivity index is 1.93. The van der Waals surface area contributed by atoms with Gasteiger partial charge >= 0.3 is 0 Å². The summed E-state index contributed by atoms with van der Waals surface area (Å²) in [6.45, 7) is 4.09. The van der Waals surface area contributed by atoms with Crippen molar-refractivity contribution in [2.45, 2.75) is 13.3 Å². The van der Waals surface area contributed by atoms with Crippen LogP contribution in [0.2, 0.25) is 0 Å². The highest BCUT2D eigenvalue weighted by Gasteiger charge is 2.20. The summed E-state index contributed by atoms with van der Waals surface area (Å²) >= 11 is 0. The van der Waals surface area contributed by atoms with Crippen molar-refractivity contribution in [3.05, 3.63) is 17.9 Å². The predicted molar refractivity (Wildman–Crippen MR) is 55.7 cm³/mol. The van der Waals surface area contributed by atoms with Crippen molar-refractivity contribution in [2.24, 2.45) is 0 Å². The molecular formula is C10H12N4O. The summed E-state index contributed by atoms with van der Waals surface area (Å²) < 4.78 is 5.34. The van der Waals surface area contributed by atoms with Crippen LogP contribution in [0.5, 0.6) is 0 Å². The molecule has 0 saturated carbocycles. The number of aromatic nitrogens is 3. The number of aromatic amines is 1. The topological polar surface area (TPSA) is 58.0 Å². The molecule has 1 N–H and O–H groups in total. The summed E-state index contributed by atoms with van der Waals surface area (Å²) in [7, 11) is 0. The molecule has 0 atom stereocenters. The Kier molecular flexibility index (Phi) is 1.77. The highest BCUT2D eigenvalue weighted by atomic mass is 16.3. The maximum absolute atomic E-state index is 5.34. The van der Waals surface area contributed by atoms with Gasteiger partial charge in [0, 0.05) is 13.1 Å². The van der Waals surface area contributed by atoms with Crippen LogP contribution < -0.4 is 4.90 Å². The lowest BCUT2D eigenvalue weighted by Crippen LogP contribution is -2.37. The molecule has 1 saturated heterocycles. The van der Waals surface area contributed by atoms with E-state index in [4.69, 9.17) is 4.42 Å². The fourth-order valence-electron chi connectivity index (χ4n) is 1.63. The zero-order chi connectivity index (χ0) is 10.3. The number of nitrogens with zero attached hydrogens (tertiary/aromatic N) is 3. The van der Waals surface area contributed by atoms with E-state index < -0.39 is 0 Å². The third-order valence-electron chi connectivity index (χ3n) is 2.69. The second-order valence-electron chi connectivity index (χ2n) is 3.76. The van der Waals surface area contributed by atoms with Crippen LogP contribution in [-0.4, -0.2) is 28.3 Å². The molecule has 0 radical (unpaired) electrons. The molecule has 3 rings (SSSR count). The van der Waals surface area contributed by atoms with Crippen LogP contribution >= 0.6 is 0 Å². The molecule has 2 aromatic heterocycles. The van der Waals surface area contributed by atoms with E-state index >= 15 is 0 Å². The van der Waals surface area contributed by atoms with Crippen molar-refractivity contribution < 1.29 is 4.42 Å². The number of anilines is 1. The average Bonchev–Trinajstić information content (AvgIpc) is 2.70. The lowest BCUT2D eigenvalue weighted by Gasteiger charge is -2.29. The van der Waals surface area contributed by atoms with Gasteiger partial charge in [0.2, 0.25) is 5.95 Å². The first-order valence-electron chi connectivity index (χ1n) is 5.06. The molecule has 5 heteroatoms. The number of aryl methyl sites for hydroxylation is 1. The van der Waals surface area contributed by atoms with E-state index in [2.05, 4.69) is 20.1 Å². The summed E-state index contributed by atoms with van der Waals surface area (Å²) in [5, 5.41) is 7.07. The molecule has 15 heavy (non-hydrogen) atoms. The first-order valence-corrected chi connectivity index (χ1v) is 5.06. The van der Waals surface area contributed by atoms with Gasteiger partial charge in [-0.15, -0.1) is 5.10 Å². The van der Waals surface area contributed by atoms with Gasteiger partial charge in [-0.1, -0.05) is 0 Å². The Labute approximate surface area is 87.1 Å². The Morgan fingerprint density at radius 1 is 1.47 bits per heavy atom. The van der Waals surface area contributed by atoms with Crippen molar-refractivity contribution >= 4 is 5.95 Å². The lowest BCUT2D eigenvalue weighted by atomic mass is 10.2. The Morgan fingerprint density at radius 2 is 2.33 bits per heavy atom. The van der Waals surface area contributed by atoms with Crippen LogP contribution in [0.25, 0.3) is 11.6 Å². The summed E-state index contributed by atoms with van der Waals surface area (Å²) in [4.78, 5) is 6.54. The summed E-state index contributed by atoms with van der Waals surface area (Å²) in [5.74, 6) is 2.25. The first-order chi connectivity index (χ1) is 7.34. The Bertz CT molecular complexity index is 469. The molecule has 0 amide bonds. The number of rotatable bonds is 2. The molecule has 1 aliphatic heterocycles. The molecule has 1 fully saturated rings. The molecule has 5 nitrogen and oxygen atoms in total. The number of hydrogen-bond acceptors (Lipinski definition) is 4. The highest BCUT2D eigenvalue weighted by Crippen LogP contribution is 2.23. The monoisotopic (exact) mass is 204 g/mol. The zero-order valence-electron chi connectivity index (χ0n) is 8.53. The summed E-state index contributed by atoms with van der Waals surface area (Å²) in [6, 6.07) is 1.92. The van der Waals surface area contributed by atoms with E-state index in [1.165, 1.54) is 6.42 Å². The van der Waals surface area contributed by atoms with E-state index in [-0.39, 0.29) is 0 Å². The smallest absolute Gasteiger partial charge is 0.245 e. The van der Waals surface area contributed by atoms with E-state index in [0.29, 0.717) is 5.82 Å². The van der Waals surface area contributed by atoms with Crippen molar-refractivity contribution in [2.75, 3.05) is 18.0 Å². The van der Waals surface area contributed by atoms with Crippen molar-refractivity contribution in [3.8, 4) is 11.6 Å². The molecule has 3 heterocycles. The van der Waals surface area contributed by atoms with Crippen LogP contribution in [0.4, 0.5) is 5.95 Å². The number of furan rings is 1. The Hall–Kier alpha value is -1.78. The molecular weight excluding hydrogens is 192 g/mol. The van der Waals surface area contributed by atoms with Gasteiger partial charge in [-0.05, 0) is 25.0 Å². The van der Waals surface area contributed by atoms with Gasteiger partial charge in [0.05, 0.1) is 6.26 Å². The second-order valence-corrected chi connectivity index (χ2v) is 3.76. The minimum absolute atomic E-state index is 0.708. The standard InChI is InChI=1S/C10H12N4O/c1-7-3-6-15-8(7)9-11-10(13-12-9)14-4-2-5-14/h3,6H,2,4-5H2,1H3,(H,11,12,13). The quantitative estimate of drug-likeness (QED) is 0.806. The molecule has 2 aromatic rings. The maximum Gasteiger partial charge on any atom is 0.245 e. The van der Waals surface area contributed by atoms with Gasteiger partial charge in [-0.25, -0.2) is 0 Å². The van der Waals surface area contributed by atoms with E-state index in [0.717, 1.165) is 30.4 Å². The number of hydrogen-bond donors (Lipinski definition) is 1. The van der Waals surface area contributed by atoms with Crippen LogP contribution in [0.15, 0.2) is 16.7 Å². The SMILES string of the molecule is Cc1ccoc1-c1nc(N2CCC2)n[nH]1. The van der Waals surface area contributed by atoms with E-state index in [9.17, 15) is 0 Å². The van der Waals surface area contributed by atoms with Gasteiger partial charge in [-0.3, -0.25) is 5.10 Å². The normalized spacial score (nSPS) is 15.4. The molecule has 0 aliphatic carbocycles. The maximum atomic E-state index is 5.34. The van der Waals surface area contributed by atoms with Gasteiger partial charge in [-0.2, -0.15) is 4.98 Å². The van der Waals surface area contributed by atoms with Crippen LogP contribution in [-0.2, 0) is 0 Å². The predicted octanol–water partition coefficient (Wildman–Crippen LogP) is 1.58. The largest absolute Gasteiger partial charge is 0.461 e. The van der Waals surface area contributed by atoms with Crippen LogP contribution in [0.3, 0.4) is 0 Å². The molecule has 0 unspecified atom stereocenters. The molecule has 0 aromatic carbocycles. The summed E-state index contributed by atoms with van der Waals surface area (Å²) in [5.41, 5.74) is 1.07. The minimum Gasteiger partial charge on any atom is -0.461 e. The van der Waals surface area contributed by atoms with Gasteiger partial charge in [0.15, 0.2) is 11.6 Å². The lowest BCUT2D eigenvalue weighted by molar-refractivity contribution is 0.575. The fraction of sp³-hybridized carbons (Fsp3) is 0.400. The zero-order valence-corrected chi connectivity index (χ0v) is 8.53. The fourth-order valence-corrected chi connectivity index (χ4v) is 1.63. The van der Waals surface area contributed by atoms with Gasteiger partial charge in [0.25, 0.3) is 0 Å². The number of nitrogens with one attached hydrogen (secondary N) is 1. The second kappa shape index (κ2) is 3.12. The first kappa shape index (κ1) is 8.52.